The van der Waals surface area contributed by atoms with Crippen molar-refractivity contribution >= 4 is 0 Å². The Kier molecular flexibility index (Phi) is 1.99. The number of hydrogen-bond acceptors (Lipinski definition) is 3. The molecule has 3 nitrogen and oxygen atoms in total. The SMILES string of the molecule is Cc1ccnc(C(O)O)c1. The van der Waals surface area contributed by atoms with E-state index in [2.05, 4.69) is 4.98 Å². The largest absolute Gasteiger partial charge is 0.363 e. The van der Waals surface area contributed by atoms with Gasteiger partial charge in [-0.2, -0.15) is 0 Å². The van der Waals surface area contributed by atoms with Crippen LogP contribution >= 0.6 is 0 Å². The van der Waals surface area contributed by atoms with Gasteiger partial charge in [-0.25, -0.2) is 0 Å². The molecule has 2 N–H and O–H groups in total. The Morgan fingerprint density at radius 2 is 2.20 bits per heavy atom. The Balaban J connectivity index is 2.96. The maximum Gasteiger partial charge on any atom is 0.196 e. The minimum absolute atomic E-state index is 0.292. The van der Waals surface area contributed by atoms with Crippen molar-refractivity contribution in [2.75, 3.05) is 0 Å². The number of aliphatic hydroxyl groups is 2. The summed E-state index contributed by atoms with van der Waals surface area (Å²) in [6.45, 7) is 1.87. The lowest BCUT2D eigenvalue weighted by Gasteiger charge is -2.01. The zero-order valence-corrected chi connectivity index (χ0v) is 5.65. The van der Waals surface area contributed by atoms with Crippen molar-refractivity contribution < 1.29 is 10.2 Å². The van der Waals surface area contributed by atoms with Crippen LogP contribution in [-0.4, -0.2) is 15.2 Å². The number of aryl methyl sites for hydroxylation is 1. The van der Waals surface area contributed by atoms with Gasteiger partial charge < -0.3 is 10.2 Å². The summed E-state index contributed by atoms with van der Waals surface area (Å²) >= 11 is 0. The van der Waals surface area contributed by atoms with E-state index in [4.69, 9.17) is 10.2 Å². The molecule has 0 aliphatic rings. The lowest BCUT2D eigenvalue weighted by molar-refractivity contribution is -0.0458. The number of aliphatic hydroxyl groups excluding tert-OH is 1. The Bertz CT molecular complexity index is 223. The van der Waals surface area contributed by atoms with E-state index in [1.807, 2.05) is 6.92 Å². The molecule has 0 saturated heterocycles. The smallest absolute Gasteiger partial charge is 0.196 e. The van der Waals surface area contributed by atoms with Crippen molar-refractivity contribution in [3.05, 3.63) is 29.6 Å². The van der Waals surface area contributed by atoms with Gasteiger partial charge in [-0.3, -0.25) is 4.98 Å². The first kappa shape index (κ1) is 7.18. The fourth-order valence-corrected chi connectivity index (χ4v) is 0.701. The topological polar surface area (TPSA) is 53.4 Å². The van der Waals surface area contributed by atoms with Crippen molar-refractivity contribution in [1.29, 1.82) is 0 Å². The number of nitrogens with zero attached hydrogens (tertiary/aromatic N) is 1. The van der Waals surface area contributed by atoms with Crippen LogP contribution in [-0.2, 0) is 0 Å². The van der Waals surface area contributed by atoms with E-state index >= 15 is 0 Å². The highest BCUT2D eigenvalue weighted by Gasteiger charge is 2.01. The normalized spacial score (nSPS) is 10.4. The lowest BCUT2D eigenvalue weighted by Crippen LogP contribution is -1.97. The maximum absolute atomic E-state index is 8.64. The predicted molar refractivity (Wildman–Crippen MR) is 36.2 cm³/mol. The van der Waals surface area contributed by atoms with Gasteiger partial charge >= 0.3 is 0 Å². The second-order valence-electron chi connectivity index (χ2n) is 2.13. The van der Waals surface area contributed by atoms with Gasteiger partial charge in [0.15, 0.2) is 6.29 Å². The van der Waals surface area contributed by atoms with Crippen molar-refractivity contribution in [3.8, 4) is 0 Å². The lowest BCUT2D eigenvalue weighted by atomic mass is 10.2. The van der Waals surface area contributed by atoms with Crippen LogP contribution in [0, 0.1) is 6.92 Å². The van der Waals surface area contributed by atoms with Crippen LogP contribution in [0.3, 0.4) is 0 Å². The minimum atomic E-state index is -1.46. The molecular formula is C7H9NO2. The molecule has 1 aromatic heterocycles. The van der Waals surface area contributed by atoms with Gasteiger partial charge in [0.1, 0.15) is 0 Å². The van der Waals surface area contributed by atoms with Gasteiger partial charge in [-0.1, -0.05) is 0 Å². The molecule has 0 atom stereocenters. The summed E-state index contributed by atoms with van der Waals surface area (Å²) in [5, 5.41) is 17.3. The molecule has 1 heterocycles. The van der Waals surface area contributed by atoms with Crippen LogP contribution in [0.5, 0.6) is 0 Å². The third kappa shape index (κ3) is 1.52. The fraction of sp³-hybridized carbons (Fsp3) is 0.286. The van der Waals surface area contributed by atoms with Crippen LogP contribution in [0.1, 0.15) is 17.5 Å². The van der Waals surface area contributed by atoms with Gasteiger partial charge in [-0.05, 0) is 24.6 Å². The summed E-state index contributed by atoms with van der Waals surface area (Å²) < 4.78 is 0. The zero-order valence-electron chi connectivity index (χ0n) is 5.65. The first-order valence-electron chi connectivity index (χ1n) is 2.99. The van der Waals surface area contributed by atoms with Crippen LogP contribution in [0.25, 0.3) is 0 Å². The molecule has 0 fully saturated rings. The van der Waals surface area contributed by atoms with E-state index in [0.717, 1.165) is 5.56 Å². The molecule has 1 aromatic rings. The molecule has 0 aliphatic heterocycles. The Labute approximate surface area is 59.0 Å². The molecule has 0 aliphatic carbocycles. The quantitative estimate of drug-likeness (QED) is 0.553. The van der Waals surface area contributed by atoms with Gasteiger partial charge in [0, 0.05) is 6.20 Å². The van der Waals surface area contributed by atoms with E-state index < -0.39 is 6.29 Å². The first-order valence-corrected chi connectivity index (χ1v) is 2.99. The molecule has 0 radical (unpaired) electrons. The van der Waals surface area contributed by atoms with Crippen LogP contribution in [0.2, 0.25) is 0 Å². The molecule has 0 bridgehead atoms. The summed E-state index contributed by atoms with van der Waals surface area (Å²) in [5.74, 6) is 0. The van der Waals surface area contributed by atoms with Crippen molar-refractivity contribution in [2.24, 2.45) is 0 Å². The predicted octanol–water partition coefficient (Wildman–Crippen LogP) is 0.373. The monoisotopic (exact) mass is 139 g/mol. The summed E-state index contributed by atoms with van der Waals surface area (Å²) in [6.07, 6.45) is 0.0873. The average Bonchev–Trinajstić information content (AvgIpc) is 1.88. The molecule has 3 heteroatoms. The highest BCUT2D eigenvalue weighted by atomic mass is 16.5. The molecule has 0 amide bonds. The Hall–Kier alpha value is -0.930. The Morgan fingerprint density at radius 3 is 2.60 bits per heavy atom. The second kappa shape index (κ2) is 2.77. The highest BCUT2D eigenvalue weighted by molar-refractivity contribution is 5.14. The summed E-state index contributed by atoms with van der Waals surface area (Å²) in [4.78, 5) is 3.74. The first-order chi connectivity index (χ1) is 4.70. The Morgan fingerprint density at radius 1 is 1.50 bits per heavy atom. The molecule has 1 rings (SSSR count). The van der Waals surface area contributed by atoms with E-state index in [-0.39, 0.29) is 0 Å². The van der Waals surface area contributed by atoms with E-state index in [1.165, 1.54) is 0 Å². The molecule has 0 spiro atoms. The number of hydrogen-bond donors (Lipinski definition) is 2. The van der Waals surface area contributed by atoms with Gasteiger partial charge in [-0.15, -0.1) is 0 Å². The van der Waals surface area contributed by atoms with E-state index in [1.54, 1.807) is 18.3 Å². The third-order valence-corrected chi connectivity index (χ3v) is 1.20. The van der Waals surface area contributed by atoms with Crippen LogP contribution in [0.15, 0.2) is 18.3 Å². The number of aromatic nitrogens is 1. The molecule has 0 saturated carbocycles. The molecule has 54 valence electrons. The molecule has 0 aromatic carbocycles. The van der Waals surface area contributed by atoms with Crippen LogP contribution in [0.4, 0.5) is 0 Å². The third-order valence-electron chi connectivity index (χ3n) is 1.20. The zero-order chi connectivity index (χ0) is 7.56. The summed E-state index contributed by atoms with van der Waals surface area (Å²) in [6, 6.07) is 3.43. The van der Waals surface area contributed by atoms with E-state index in [9.17, 15) is 0 Å². The summed E-state index contributed by atoms with van der Waals surface area (Å²) in [5.41, 5.74) is 1.26. The van der Waals surface area contributed by atoms with Crippen molar-refractivity contribution in [1.82, 2.24) is 4.98 Å². The van der Waals surface area contributed by atoms with Gasteiger partial charge in [0.05, 0.1) is 5.69 Å². The molecule has 10 heavy (non-hydrogen) atoms. The molecule has 0 unspecified atom stereocenters. The van der Waals surface area contributed by atoms with Gasteiger partial charge in [0.25, 0.3) is 0 Å². The number of pyridine rings is 1. The van der Waals surface area contributed by atoms with Crippen molar-refractivity contribution in [3.63, 3.8) is 0 Å². The van der Waals surface area contributed by atoms with E-state index in [0.29, 0.717) is 5.69 Å². The molecular weight excluding hydrogens is 130 g/mol. The maximum atomic E-state index is 8.64. The van der Waals surface area contributed by atoms with Crippen molar-refractivity contribution in [2.45, 2.75) is 13.2 Å². The standard InChI is InChI=1S/C7H9NO2/c1-5-2-3-8-6(4-5)7(9)10/h2-4,7,9-10H,1H3. The second-order valence-corrected chi connectivity index (χ2v) is 2.13. The summed E-state index contributed by atoms with van der Waals surface area (Å²) in [7, 11) is 0. The minimum Gasteiger partial charge on any atom is -0.363 e. The highest BCUT2D eigenvalue weighted by Crippen LogP contribution is 2.06. The van der Waals surface area contributed by atoms with Gasteiger partial charge in [0.2, 0.25) is 0 Å². The fourth-order valence-electron chi connectivity index (χ4n) is 0.701. The van der Waals surface area contributed by atoms with Crippen LogP contribution < -0.4 is 0 Å². The average molecular weight is 139 g/mol. The number of rotatable bonds is 1.